The molecule has 230 valence electrons. The number of likely N-dealkylation sites (tertiary alicyclic amines) is 1. The van der Waals surface area contributed by atoms with Crippen LogP contribution in [0.5, 0.6) is 11.5 Å². The number of aliphatic hydroxyl groups excluding tert-OH is 1. The van der Waals surface area contributed by atoms with Crippen molar-refractivity contribution >= 4 is 29.1 Å². The van der Waals surface area contributed by atoms with E-state index in [1.807, 2.05) is 37.3 Å². The van der Waals surface area contributed by atoms with Gasteiger partial charge in [0.05, 0.1) is 44.3 Å². The molecular formula is C34H37N3O7. The molecule has 6 atom stereocenters. The lowest BCUT2D eigenvalue weighted by atomic mass is 9.70. The molecule has 6 rings (SSSR count). The maximum Gasteiger partial charge on any atom is 0.250 e. The first-order valence-electron chi connectivity index (χ1n) is 15.0. The van der Waals surface area contributed by atoms with Crippen molar-refractivity contribution in [3.63, 3.8) is 0 Å². The molecule has 0 saturated carbocycles. The number of methoxy groups -OCH3 is 1. The van der Waals surface area contributed by atoms with Gasteiger partial charge in [-0.15, -0.1) is 0 Å². The van der Waals surface area contributed by atoms with E-state index in [0.717, 1.165) is 5.56 Å². The fourth-order valence-electron chi connectivity index (χ4n) is 7.13. The number of rotatable bonds is 11. The van der Waals surface area contributed by atoms with Gasteiger partial charge in [-0.3, -0.25) is 14.4 Å². The van der Waals surface area contributed by atoms with Gasteiger partial charge in [0.25, 0.3) is 0 Å². The predicted molar refractivity (Wildman–Crippen MR) is 163 cm³/mol. The second kappa shape index (κ2) is 12.3. The highest BCUT2D eigenvalue weighted by atomic mass is 16.5. The highest BCUT2D eigenvalue weighted by molar-refractivity contribution is 6.05. The average molecular weight is 600 g/mol. The summed E-state index contributed by atoms with van der Waals surface area (Å²) in [5.41, 5.74) is 0.814. The fourth-order valence-corrected chi connectivity index (χ4v) is 7.13. The molecule has 3 fully saturated rings. The highest BCUT2D eigenvalue weighted by Crippen LogP contribution is 2.59. The number of nitrogens with zero attached hydrogens (tertiary/aromatic N) is 1. The van der Waals surface area contributed by atoms with Crippen LogP contribution >= 0.6 is 0 Å². The fraction of sp³-hybridized carbons (Fsp3) is 0.382. The van der Waals surface area contributed by atoms with Gasteiger partial charge in [0.15, 0.2) is 0 Å². The Balaban J connectivity index is 1.32. The average Bonchev–Trinajstić information content (AvgIpc) is 3.69. The lowest BCUT2D eigenvalue weighted by Crippen LogP contribution is -2.56. The van der Waals surface area contributed by atoms with Gasteiger partial charge in [-0.1, -0.05) is 30.3 Å². The van der Waals surface area contributed by atoms with Crippen LogP contribution in [0.3, 0.4) is 0 Å². The molecule has 3 heterocycles. The largest absolute Gasteiger partial charge is 0.497 e. The Morgan fingerprint density at radius 3 is 2.23 bits per heavy atom. The first-order chi connectivity index (χ1) is 21.4. The van der Waals surface area contributed by atoms with Gasteiger partial charge in [-0.25, -0.2) is 0 Å². The molecule has 3 aromatic rings. The number of fused-ring (bicyclic) bond motifs is 1. The summed E-state index contributed by atoms with van der Waals surface area (Å²) in [6.45, 7) is 2.07. The molecule has 3 N–H and O–H groups in total. The lowest BCUT2D eigenvalue weighted by molar-refractivity contribution is -0.143. The summed E-state index contributed by atoms with van der Waals surface area (Å²) in [5.74, 6) is -1.45. The zero-order chi connectivity index (χ0) is 30.8. The number of amides is 3. The van der Waals surface area contributed by atoms with Crippen LogP contribution in [0.4, 0.5) is 11.4 Å². The van der Waals surface area contributed by atoms with Crippen LogP contribution in [-0.2, 0) is 25.5 Å². The Kier molecular flexibility index (Phi) is 8.29. The van der Waals surface area contributed by atoms with Crippen LogP contribution in [0.25, 0.3) is 0 Å². The van der Waals surface area contributed by atoms with Crippen molar-refractivity contribution in [2.75, 3.05) is 31.0 Å². The molecular weight excluding hydrogens is 562 g/mol. The Hall–Kier alpha value is -4.41. The van der Waals surface area contributed by atoms with Crippen LogP contribution < -0.4 is 20.1 Å². The quantitative estimate of drug-likeness (QED) is 0.307. The Morgan fingerprint density at radius 1 is 0.977 bits per heavy atom. The van der Waals surface area contributed by atoms with Crippen LogP contribution in [0.15, 0.2) is 78.9 Å². The Bertz CT molecular complexity index is 1500. The number of nitrogens with one attached hydrogen (secondary N) is 2. The number of anilines is 2. The Labute approximate surface area is 256 Å². The number of carbonyl (C=O) groups is 3. The topological polar surface area (TPSA) is 126 Å². The third kappa shape index (κ3) is 5.28. The normalized spacial score (nSPS) is 25.8. The minimum Gasteiger partial charge on any atom is -0.497 e. The van der Waals surface area contributed by atoms with Crippen molar-refractivity contribution in [2.24, 2.45) is 11.8 Å². The molecule has 0 aromatic heterocycles. The van der Waals surface area contributed by atoms with E-state index in [-0.39, 0.29) is 18.4 Å². The second-order valence-corrected chi connectivity index (χ2v) is 11.5. The van der Waals surface area contributed by atoms with Crippen molar-refractivity contribution in [3.8, 4) is 11.5 Å². The van der Waals surface area contributed by atoms with E-state index in [1.165, 1.54) is 4.90 Å². The molecule has 0 aliphatic carbocycles. The molecule has 10 heteroatoms. The maximum absolute atomic E-state index is 14.4. The van der Waals surface area contributed by atoms with Crippen LogP contribution in [-0.4, -0.2) is 71.8 Å². The SMILES string of the molecule is CCOc1ccc(NC(=O)[C@@H]2[C@H]3C(=O)N([C@@H](CO)Cc4ccccc4)C(C(=O)Nc4ccc(OC)cc4)C34CC[C@H]2O4)cc1. The lowest BCUT2D eigenvalue weighted by Gasteiger charge is -2.36. The van der Waals surface area contributed by atoms with Crippen molar-refractivity contribution in [1.29, 1.82) is 0 Å². The van der Waals surface area contributed by atoms with Gasteiger partial charge in [-0.2, -0.15) is 0 Å². The van der Waals surface area contributed by atoms with E-state index >= 15 is 0 Å². The van der Waals surface area contributed by atoms with E-state index in [0.29, 0.717) is 48.7 Å². The van der Waals surface area contributed by atoms with Gasteiger partial charge in [0.1, 0.15) is 23.1 Å². The molecule has 3 aliphatic heterocycles. The van der Waals surface area contributed by atoms with Gasteiger partial charge in [0.2, 0.25) is 17.7 Å². The molecule has 2 unspecified atom stereocenters. The molecule has 1 spiro atoms. The minimum atomic E-state index is -1.21. The summed E-state index contributed by atoms with van der Waals surface area (Å²) in [6.07, 6.45) is 0.812. The first-order valence-corrected chi connectivity index (χ1v) is 15.0. The second-order valence-electron chi connectivity index (χ2n) is 11.5. The summed E-state index contributed by atoms with van der Waals surface area (Å²) >= 11 is 0. The number of hydrogen-bond donors (Lipinski definition) is 3. The van der Waals surface area contributed by atoms with Gasteiger partial charge in [-0.05, 0) is 80.3 Å². The van der Waals surface area contributed by atoms with E-state index in [4.69, 9.17) is 14.2 Å². The smallest absolute Gasteiger partial charge is 0.250 e. The number of benzene rings is 3. The standard InChI is InChI=1S/C34H37N3O7/c1-3-43-26-15-11-22(12-16-26)35-31(39)28-27-17-18-34(44-27)29(28)33(41)37(24(20-38)19-21-7-5-4-6-8-21)30(34)32(40)36-23-9-13-25(42-2)14-10-23/h4-16,24,27-30,38H,3,17-20H2,1-2H3,(H,35,39)(H,36,40)/t24-,27-,28+,29+,30?,34?/m1/s1. The summed E-state index contributed by atoms with van der Waals surface area (Å²) in [5, 5.41) is 16.5. The molecule has 0 radical (unpaired) electrons. The monoisotopic (exact) mass is 599 g/mol. The molecule has 3 saturated heterocycles. The molecule has 3 aromatic carbocycles. The van der Waals surface area contributed by atoms with E-state index in [2.05, 4.69) is 10.6 Å². The summed E-state index contributed by atoms with van der Waals surface area (Å²) < 4.78 is 17.3. The summed E-state index contributed by atoms with van der Waals surface area (Å²) in [6, 6.07) is 21.7. The van der Waals surface area contributed by atoms with E-state index < -0.39 is 41.5 Å². The minimum absolute atomic E-state index is 0.334. The van der Waals surface area contributed by atoms with Crippen molar-refractivity contribution in [2.45, 2.75) is 50.0 Å². The Morgan fingerprint density at radius 2 is 1.61 bits per heavy atom. The van der Waals surface area contributed by atoms with E-state index in [1.54, 1.807) is 55.6 Å². The van der Waals surface area contributed by atoms with E-state index in [9.17, 15) is 19.5 Å². The third-order valence-corrected chi connectivity index (χ3v) is 9.00. The highest BCUT2D eigenvalue weighted by Gasteiger charge is 2.75. The third-order valence-electron chi connectivity index (χ3n) is 9.00. The molecule has 2 bridgehead atoms. The van der Waals surface area contributed by atoms with Crippen LogP contribution in [0.2, 0.25) is 0 Å². The molecule has 3 amide bonds. The molecule has 10 nitrogen and oxygen atoms in total. The predicted octanol–water partition coefficient (Wildman–Crippen LogP) is 3.65. The molecule has 44 heavy (non-hydrogen) atoms. The van der Waals surface area contributed by atoms with Crippen molar-refractivity contribution in [3.05, 3.63) is 84.4 Å². The van der Waals surface area contributed by atoms with Gasteiger partial charge < -0.3 is 34.9 Å². The van der Waals surface area contributed by atoms with Crippen molar-refractivity contribution < 1.29 is 33.7 Å². The number of carbonyl (C=O) groups excluding carboxylic acids is 3. The van der Waals surface area contributed by atoms with Gasteiger partial charge in [0, 0.05) is 11.4 Å². The zero-order valence-corrected chi connectivity index (χ0v) is 24.8. The number of ether oxygens (including phenoxy) is 3. The maximum atomic E-state index is 14.4. The summed E-state index contributed by atoms with van der Waals surface area (Å²) in [7, 11) is 1.56. The number of aliphatic hydroxyl groups is 1. The van der Waals surface area contributed by atoms with Crippen LogP contribution in [0, 0.1) is 11.8 Å². The first kappa shape index (κ1) is 29.7. The van der Waals surface area contributed by atoms with Gasteiger partial charge >= 0.3 is 0 Å². The van der Waals surface area contributed by atoms with Crippen LogP contribution in [0.1, 0.15) is 25.3 Å². The summed E-state index contributed by atoms with van der Waals surface area (Å²) in [4.78, 5) is 43.9. The number of hydrogen-bond acceptors (Lipinski definition) is 7. The van der Waals surface area contributed by atoms with Crippen molar-refractivity contribution in [1.82, 2.24) is 4.90 Å². The molecule has 3 aliphatic rings. The zero-order valence-electron chi connectivity index (χ0n) is 24.8.